The second kappa shape index (κ2) is 6.92. The molecule has 1 aliphatic heterocycles. The van der Waals surface area contributed by atoms with Crippen LogP contribution in [0.2, 0.25) is 0 Å². The molecular formula is C16H20N2O3. The Morgan fingerprint density at radius 3 is 2.67 bits per heavy atom. The fourth-order valence-electron chi connectivity index (χ4n) is 2.42. The number of aliphatic carboxylic acids is 1. The number of hydrogen-bond acceptors (Lipinski definition) is 2. The van der Waals surface area contributed by atoms with Gasteiger partial charge in [0.25, 0.3) is 0 Å². The van der Waals surface area contributed by atoms with E-state index in [1.54, 1.807) is 24.3 Å². The minimum atomic E-state index is -0.980. The van der Waals surface area contributed by atoms with Crippen LogP contribution in [0.1, 0.15) is 25.3 Å². The van der Waals surface area contributed by atoms with Crippen molar-refractivity contribution >= 4 is 23.8 Å². The third-order valence-electron chi connectivity index (χ3n) is 3.52. The number of carboxylic acid groups (broad SMARTS) is 1. The van der Waals surface area contributed by atoms with E-state index in [-0.39, 0.29) is 6.03 Å². The van der Waals surface area contributed by atoms with E-state index in [0.717, 1.165) is 31.1 Å². The molecule has 0 spiro atoms. The Hall–Kier alpha value is -2.30. The third-order valence-corrected chi connectivity index (χ3v) is 3.52. The Labute approximate surface area is 124 Å². The number of urea groups is 1. The molecule has 0 saturated carbocycles. The standard InChI is InChI=1S/C16H20N2O3/c1-12-3-2-10-18(11-12)16(21)17-14-7-4-13(5-8-14)6-9-15(19)20/h4-9,12H,2-3,10-11H2,1H3,(H,17,21)(H,19,20)/b9-6+. The fourth-order valence-corrected chi connectivity index (χ4v) is 2.42. The molecule has 5 heteroatoms. The number of carboxylic acids is 1. The summed E-state index contributed by atoms with van der Waals surface area (Å²) in [5.41, 5.74) is 1.49. The molecule has 1 unspecified atom stereocenters. The molecule has 2 rings (SSSR count). The summed E-state index contributed by atoms with van der Waals surface area (Å²) in [6.07, 6.45) is 4.82. The molecule has 1 atom stereocenters. The summed E-state index contributed by atoms with van der Waals surface area (Å²) in [7, 11) is 0. The number of anilines is 1. The van der Waals surface area contributed by atoms with Gasteiger partial charge in [-0.15, -0.1) is 0 Å². The molecule has 1 saturated heterocycles. The Balaban J connectivity index is 1.93. The van der Waals surface area contributed by atoms with Crippen molar-refractivity contribution in [2.24, 2.45) is 5.92 Å². The average molecular weight is 288 g/mol. The van der Waals surface area contributed by atoms with Crippen LogP contribution in [-0.4, -0.2) is 35.1 Å². The molecule has 0 radical (unpaired) electrons. The molecule has 0 aliphatic carbocycles. The van der Waals surface area contributed by atoms with Crippen molar-refractivity contribution < 1.29 is 14.7 Å². The van der Waals surface area contributed by atoms with Gasteiger partial charge < -0.3 is 15.3 Å². The fraction of sp³-hybridized carbons (Fsp3) is 0.375. The lowest BCUT2D eigenvalue weighted by molar-refractivity contribution is -0.131. The molecular weight excluding hydrogens is 268 g/mol. The van der Waals surface area contributed by atoms with Crippen molar-refractivity contribution in [1.29, 1.82) is 0 Å². The van der Waals surface area contributed by atoms with Gasteiger partial charge in [-0.1, -0.05) is 19.1 Å². The number of amides is 2. The van der Waals surface area contributed by atoms with Gasteiger partial charge in [-0.25, -0.2) is 9.59 Å². The van der Waals surface area contributed by atoms with Crippen molar-refractivity contribution in [3.63, 3.8) is 0 Å². The van der Waals surface area contributed by atoms with E-state index in [2.05, 4.69) is 12.2 Å². The Morgan fingerprint density at radius 2 is 2.05 bits per heavy atom. The van der Waals surface area contributed by atoms with Gasteiger partial charge in [0.15, 0.2) is 0 Å². The largest absolute Gasteiger partial charge is 0.478 e. The van der Waals surface area contributed by atoms with E-state index < -0.39 is 5.97 Å². The molecule has 1 aliphatic rings. The van der Waals surface area contributed by atoms with Crippen LogP contribution in [0.25, 0.3) is 6.08 Å². The Bertz CT molecular complexity index is 537. The molecule has 0 aromatic heterocycles. The number of nitrogens with zero attached hydrogens (tertiary/aromatic N) is 1. The summed E-state index contributed by atoms with van der Waals surface area (Å²) in [6.45, 7) is 3.75. The minimum absolute atomic E-state index is 0.0737. The second-order valence-corrected chi connectivity index (χ2v) is 5.42. The monoisotopic (exact) mass is 288 g/mol. The number of nitrogens with one attached hydrogen (secondary N) is 1. The second-order valence-electron chi connectivity index (χ2n) is 5.42. The molecule has 21 heavy (non-hydrogen) atoms. The number of piperidine rings is 1. The quantitative estimate of drug-likeness (QED) is 0.840. The number of carbonyl (C=O) groups is 2. The summed E-state index contributed by atoms with van der Waals surface area (Å²) >= 11 is 0. The zero-order valence-electron chi connectivity index (χ0n) is 12.1. The van der Waals surface area contributed by atoms with Crippen LogP contribution in [0.5, 0.6) is 0 Å². The molecule has 1 aromatic rings. The van der Waals surface area contributed by atoms with Crippen molar-refractivity contribution in [3.05, 3.63) is 35.9 Å². The van der Waals surface area contributed by atoms with Crippen LogP contribution in [0.3, 0.4) is 0 Å². The average Bonchev–Trinajstić information content (AvgIpc) is 2.46. The molecule has 1 heterocycles. The van der Waals surface area contributed by atoms with Crippen molar-refractivity contribution in [2.75, 3.05) is 18.4 Å². The van der Waals surface area contributed by atoms with E-state index in [4.69, 9.17) is 5.11 Å². The van der Waals surface area contributed by atoms with Gasteiger partial charge >= 0.3 is 12.0 Å². The number of benzene rings is 1. The first-order chi connectivity index (χ1) is 10.0. The van der Waals surface area contributed by atoms with Gasteiger partial charge in [0.2, 0.25) is 0 Å². The van der Waals surface area contributed by atoms with E-state index in [1.165, 1.54) is 12.5 Å². The molecule has 5 nitrogen and oxygen atoms in total. The molecule has 2 amide bonds. The summed E-state index contributed by atoms with van der Waals surface area (Å²) in [6, 6.07) is 7.01. The highest BCUT2D eigenvalue weighted by Crippen LogP contribution is 2.17. The Kier molecular flexibility index (Phi) is 4.98. The van der Waals surface area contributed by atoms with E-state index in [9.17, 15) is 9.59 Å². The highest BCUT2D eigenvalue weighted by Gasteiger charge is 2.20. The molecule has 1 aromatic carbocycles. The van der Waals surface area contributed by atoms with Crippen molar-refractivity contribution in [1.82, 2.24) is 4.90 Å². The summed E-state index contributed by atoms with van der Waals surface area (Å²) in [5.74, 6) is -0.431. The molecule has 0 bridgehead atoms. The van der Waals surface area contributed by atoms with E-state index in [1.807, 2.05) is 4.90 Å². The summed E-state index contributed by atoms with van der Waals surface area (Å²) in [4.78, 5) is 24.4. The molecule has 1 fully saturated rings. The summed E-state index contributed by atoms with van der Waals surface area (Å²) < 4.78 is 0. The maximum Gasteiger partial charge on any atom is 0.328 e. The topological polar surface area (TPSA) is 69.6 Å². The highest BCUT2D eigenvalue weighted by molar-refractivity contribution is 5.89. The van der Waals surface area contributed by atoms with Gasteiger partial charge in [0, 0.05) is 24.9 Å². The van der Waals surface area contributed by atoms with Gasteiger partial charge in [-0.2, -0.15) is 0 Å². The number of hydrogen-bond donors (Lipinski definition) is 2. The van der Waals surface area contributed by atoms with Gasteiger partial charge in [-0.05, 0) is 42.5 Å². The van der Waals surface area contributed by atoms with Gasteiger partial charge in [0.05, 0.1) is 0 Å². The van der Waals surface area contributed by atoms with Crippen LogP contribution in [0.4, 0.5) is 10.5 Å². The number of rotatable bonds is 3. The summed E-state index contributed by atoms with van der Waals surface area (Å²) in [5, 5.41) is 11.4. The predicted molar refractivity (Wildman–Crippen MR) is 82.1 cm³/mol. The molecule has 112 valence electrons. The van der Waals surface area contributed by atoms with Crippen LogP contribution in [-0.2, 0) is 4.79 Å². The maximum absolute atomic E-state index is 12.1. The normalized spacial score (nSPS) is 18.7. The lowest BCUT2D eigenvalue weighted by Crippen LogP contribution is -2.41. The van der Waals surface area contributed by atoms with Crippen molar-refractivity contribution in [3.8, 4) is 0 Å². The highest BCUT2D eigenvalue weighted by atomic mass is 16.4. The minimum Gasteiger partial charge on any atom is -0.478 e. The van der Waals surface area contributed by atoms with Crippen molar-refractivity contribution in [2.45, 2.75) is 19.8 Å². The predicted octanol–water partition coefficient (Wildman–Crippen LogP) is 3.05. The van der Waals surface area contributed by atoms with Gasteiger partial charge in [0.1, 0.15) is 0 Å². The maximum atomic E-state index is 12.1. The van der Waals surface area contributed by atoms with E-state index in [0.29, 0.717) is 11.6 Å². The number of likely N-dealkylation sites (tertiary alicyclic amines) is 1. The first kappa shape index (κ1) is 15.1. The lowest BCUT2D eigenvalue weighted by atomic mass is 10.0. The van der Waals surface area contributed by atoms with Crippen LogP contribution < -0.4 is 5.32 Å². The van der Waals surface area contributed by atoms with Crippen LogP contribution >= 0.6 is 0 Å². The zero-order chi connectivity index (χ0) is 15.2. The first-order valence-electron chi connectivity index (χ1n) is 7.11. The smallest absolute Gasteiger partial charge is 0.328 e. The number of carbonyl (C=O) groups excluding carboxylic acids is 1. The van der Waals surface area contributed by atoms with Gasteiger partial charge in [-0.3, -0.25) is 0 Å². The van der Waals surface area contributed by atoms with Crippen LogP contribution in [0.15, 0.2) is 30.3 Å². The first-order valence-corrected chi connectivity index (χ1v) is 7.11. The SMILES string of the molecule is CC1CCCN(C(=O)Nc2ccc(/C=C/C(=O)O)cc2)C1. The molecule has 2 N–H and O–H groups in total. The van der Waals surface area contributed by atoms with E-state index >= 15 is 0 Å². The Morgan fingerprint density at radius 1 is 1.33 bits per heavy atom. The lowest BCUT2D eigenvalue weighted by Gasteiger charge is -2.30. The zero-order valence-corrected chi connectivity index (χ0v) is 12.1. The third kappa shape index (κ3) is 4.63. The van der Waals surface area contributed by atoms with Crippen LogP contribution in [0, 0.1) is 5.92 Å².